The molecule has 132 valence electrons. The maximum Gasteiger partial charge on any atom is 0.326 e. The molecule has 7 heteroatoms. The van der Waals surface area contributed by atoms with Gasteiger partial charge in [0.2, 0.25) is 0 Å². The van der Waals surface area contributed by atoms with Crippen LogP contribution in [0.1, 0.15) is 41.2 Å². The Bertz CT molecular complexity index is 755. The minimum Gasteiger partial charge on any atom is -0.480 e. The normalized spacial score (nSPS) is 12.9. The summed E-state index contributed by atoms with van der Waals surface area (Å²) in [6, 6.07) is 8.45. The highest BCUT2D eigenvalue weighted by Gasteiger charge is 2.26. The van der Waals surface area contributed by atoms with E-state index in [9.17, 15) is 19.5 Å². The van der Waals surface area contributed by atoms with Crippen LogP contribution < -0.4 is 10.6 Å². The molecule has 1 heterocycles. The number of aliphatic carboxylic acids is 1. The molecule has 2 aromatic rings. The molecule has 0 saturated heterocycles. The van der Waals surface area contributed by atoms with E-state index in [1.807, 2.05) is 6.92 Å². The average Bonchev–Trinajstić information content (AvgIpc) is 3.13. The van der Waals surface area contributed by atoms with Gasteiger partial charge in [-0.15, -0.1) is 0 Å². The molecule has 3 N–H and O–H groups in total. The molecule has 2 atom stereocenters. The van der Waals surface area contributed by atoms with Crippen LogP contribution in [0.15, 0.2) is 47.1 Å². The molecule has 1 aromatic heterocycles. The number of nitrogens with one attached hydrogen (secondary N) is 2. The van der Waals surface area contributed by atoms with Crippen molar-refractivity contribution in [1.29, 1.82) is 0 Å². The van der Waals surface area contributed by atoms with Crippen molar-refractivity contribution in [1.82, 2.24) is 5.32 Å². The standard InChI is InChI=1S/C18H20N2O5/c1-3-11(2)15(18(23)24)20-16(21)12-7-4-5-8-13(12)19-17(22)14-9-6-10-25-14/h4-11,15H,3H2,1-2H3,(H,19,22)(H,20,21)(H,23,24)/t11-,15+/m0/s1. The topological polar surface area (TPSA) is 109 Å². The Morgan fingerprint density at radius 2 is 1.84 bits per heavy atom. The molecule has 25 heavy (non-hydrogen) atoms. The summed E-state index contributed by atoms with van der Waals surface area (Å²) in [5, 5.41) is 14.4. The van der Waals surface area contributed by atoms with Crippen LogP contribution in [0.5, 0.6) is 0 Å². The number of furan rings is 1. The summed E-state index contributed by atoms with van der Waals surface area (Å²) in [5.41, 5.74) is 0.451. The van der Waals surface area contributed by atoms with Crippen LogP contribution in [0.2, 0.25) is 0 Å². The lowest BCUT2D eigenvalue weighted by Crippen LogP contribution is -2.45. The summed E-state index contributed by atoms with van der Waals surface area (Å²) in [5.74, 6) is -2.28. The van der Waals surface area contributed by atoms with Crippen molar-refractivity contribution in [2.75, 3.05) is 5.32 Å². The van der Waals surface area contributed by atoms with Gasteiger partial charge in [-0.3, -0.25) is 9.59 Å². The average molecular weight is 344 g/mol. The van der Waals surface area contributed by atoms with Crippen LogP contribution in [-0.4, -0.2) is 28.9 Å². The zero-order valence-electron chi connectivity index (χ0n) is 14.0. The molecular formula is C18H20N2O5. The minimum atomic E-state index is -1.10. The zero-order valence-corrected chi connectivity index (χ0v) is 14.0. The van der Waals surface area contributed by atoms with Crippen molar-refractivity contribution >= 4 is 23.5 Å². The van der Waals surface area contributed by atoms with Gasteiger partial charge in [-0.25, -0.2) is 4.79 Å². The van der Waals surface area contributed by atoms with E-state index in [0.717, 1.165) is 0 Å². The van der Waals surface area contributed by atoms with Gasteiger partial charge >= 0.3 is 5.97 Å². The Morgan fingerprint density at radius 3 is 2.44 bits per heavy atom. The highest BCUT2D eigenvalue weighted by molar-refractivity contribution is 6.08. The number of para-hydroxylation sites is 1. The molecule has 2 amide bonds. The molecule has 1 aromatic carbocycles. The van der Waals surface area contributed by atoms with E-state index in [1.54, 1.807) is 31.2 Å². The van der Waals surface area contributed by atoms with Crippen LogP contribution in [0.4, 0.5) is 5.69 Å². The van der Waals surface area contributed by atoms with Gasteiger partial charge in [-0.1, -0.05) is 32.4 Å². The summed E-state index contributed by atoms with van der Waals surface area (Å²) in [6.45, 7) is 3.61. The van der Waals surface area contributed by atoms with Gasteiger partial charge in [0, 0.05) is 0 Å². The molecule has 0 aliphatic carbocycles. The predicted octanol–water partition coefficient (Wildman–Crippen LogP) is 2.76. The molecule has 0 aliphatic rings. The first kappa shape index (κ1) is 18.3. The van der Waals surface area contributed by atoms with Crippen LogP contribution in [-0.2, 0) is 4.79 Å². The monoisotopic (exact) mass is 344 g/mol. The van der Waals surface area contributed by atoms with Crippen molar-refractivity contribution in [2.45, 2.75) is 26.3 Å². The fraction of sp³-hybridized carbons (Fsp3) is 0.278. The van der Waals surface area contributed by atoms with Gasteiger partial charge < -0.3 is 20.2 Å². The molecule has 0 saturated carbocycles. The van der Waals surface area contributed by atoms with E-state index in [-0.39, 0.29) is 22.9 Å². The predicted molar refractivity (Wildman–Crippen MR) is 91.4 cm³/mol. The molecule has 0 radical (unpaired) electrons. The molecule has 0 spiro atoms. The number of hydrogen-bond donors (Lipinski definition) is 3. The lowest BCUT2D eigenvalue weighted by Gasteiger charge is -2.21. The molecule has 7 nitrogen and oxygen atoms in total. The molecule has 0 bridgehead atoms. The van der Waals surface area contributed by atoms with Gasteiger partial charge in [0.25, 0.3) is 11.8 Å². The third-order valence-electron chi connectivity index (χ3n) is 3.93. The van der Waals surface area contributed by atoms with Gasteiger partial charge in [0.05, 0.1) is 17.5 Å². The van der Waals surface area contributed by atoms with Crippen molar-refractivity contribution in [2.24, 2.45) is 5.92 Å². The second-order valence-corrected chi connectivity index (χ2v) is 5.65. The molecule has 0 aliphatic heterocycles. The van der Waals surface area contributed by atoms with E-state index >= 15 is 0 Å². The molecule has 0 unspecified atom stereocenters. The SMILES string of the molecule is CC[C@H](C)[C@@H](NC(=O)c1ccccc1NC(=O)c1ccco1)C(=O)O. The van der Waals surface area contributed by atoms with Crippen molar-refractivity contribution in [3.8, 4) is 0 Å². The van der Waals surface area contributed by atoms with Gasteiger partial charge in [0.1, 0.15) is 6.04 Å². The number of carboxylic acids is 1. The summed E-state index contributed by atoms with van der Waals surface area (Å²) < 4.78 is 5.02. The Labute approximate surface area is 145 Å². The minimum absolute atomic E-state index is 0.109. The van der Waals surface area contributed by atoms with Crippen LogP contribution >= 0.6 is 0 Å². The lowest BCUT2D eigenvalue weighted by atomic mass is 9.98. The van der Waals surface area contributed by atoms with Crippen molar-refractivity contribution < 1.29 is 23.9 Å². The molecular weight excluding hydrogens is 324 g/mol. The van der Waals surface area contributed by atoms with Crippen LogP contribution in [0.25, 0.3) is 0 Å². The summed E-state index contributed by atoms with van der Waals surface area (Å²) >= 11 is 0. The van der Waals surface area contributed by atoms with Gasteiger partial charge in [-0.2, -0.15) is 0 Å². The number of carbonyl (C=O) groups is 3. The first-order valence-electron chi connectivity index (χ1n) is 7.91. The fourth-order valence-electron chi connectivity index (χ4n) is 2.28. The Kier molecular flexibility index (Phi) is 5.94. The quantitative estimate of drug-likeness (QED) is 0.715. The summed E-state index contributed by atoms with van der Waals surface area (Å²) in [6.07, 6.45) is 1.98. The second-order valence-electron chi connectivity index (χ2n) is 5.65. The highest BCUT2D eigenvalue weighted by atomic mass is 16.4. The fourth-order valence-corrected chi connectivity index (χ4v) is 2.28. The number of anilines is 1. The second kappa shape index (κ2) is 8.14. The molecule has 2 rings (SSSR count). The van der Waals surface area contributed by atoms with Crippen molar-refractivity contribution in [3.63, 3.8) is 0 Å². The number of carboxylic acid groups (broad SMARTS) is 1. The smallest absolute Gasteiger partial charge is 0.326 e. The summed E-state index contributed by atoms with van der Waals surface area (Å²) in [4.78, 5) is 36.0. The molecule has 0 fully saturated rings. The zero-order chi connectivity index (χ0) is 18.4. The highest BCUT2D eigenvalue weighted by Crippen LogP contribution is 2.18. The number of carbonyl (C=O) groups excluding carboxylic acids is 2. The van der Waals surface area contributed by atoms with E-state index in [1.165, 1.54) is 18.4 Å². The van der Waals surface area contributed by atoms with E-state index < -0.39 is 23.8 Å². The van der Waals surface area contributed by atoms with Gasteiger partial charge in [0.15, 0.2) is 5.76 Å². The first-order chi connectivity index (χ1) is 11.9. The first-order valence-corrected chi connectivity index (χ1v) is 7.91. The maximum absolute atomic E-state index is 12.5. The van der Waals surface area contributed by atoms with Crippen LogP contribution in [0.3, 0.4) is 0 Å². The third-order valence-corrected chi connectivity index (χ3v) is 3.93. The third kappa shape index (κ3) is 4.47. The number of amides is 2. The van der Waals surface area contributed by atoms with Crippen LogP contribution in [0, 0.1) is 5.92 Å². The largest absolute Gasteiger partial charge is 0.480 e. The Morgan fingerprint density at radius 1 is 1.12 bits per heavy atom. The number of benzene rings is 1. The maximum atomic E-state index is 12.5. The summed E-state index contributed by atoms with van der Waals surface area (Å²) in [7, 11) is 0. The van der Waals surface area contributed by atoms with Gasteiger partial charge in [-0.05, 0) is 30.2 Å². The number of hydrogen-bond acceptors (Lipinski definition) is 4. The number of rotatable bonds is 7. The van der Waals surface area contributed by atoms with Crippen molar-refractivity contribution in [3.05, 3.63) is 54.0 Å². The van der Waals surface area contributed by atoms with E-state index in [4.69, 9.17) is 4.42 Å². The van der Waals surface area contributed by atoms with E-state index in [2.05, 4.69) is 10.6 Å². The lowest BCUT2D eigenvalue weighted by molar-refractivity contribution is -0.140. The Hall–Kier alpha value is -3.09. The van der Waals surface area contributed by atoms with E-state index in [0.29, 0.717) is 6.42 Å². The Balaban J connectivity index is 2.20.